The summed E-state index contributed by atoms with van der Waals surface area (Å²) in [6.45, 7) is 10.6. The van der Waals surface area contributed by atoms with Crippen LogP contribution in [0.3, 0.4) is 0 Å². The van der Waals surface area contributed by atoms with Crippen LogP contribution in [0.1, 0.15) is 33.1 Å². The van der Waals surface area contributed by atoms with Crippen molar-refractivity contribution >= 4 is 11.9 Å². The van der Waals surface area contributed by atoms with Crippen molar-refractivity contribution in [3.8, 4) is 0 Å². The number of hydrogen-bond donors (Lipinski definition) is 1. The van der Waals surface area contributed by atoms with E-state index in [1.54, 1.807) is 13.8 Å². The lowest BCUT2D eigenvalue weighted by Crippen LogP contribution is -2.20. The fourth-order valence-corrected chi connectivity index (χ4v) is 2.22. The topological polar surface area (TPSA) is 85.4 Å². The van der Waals surface area contributed by atoms with Crippen molar-refractivity contribution in [2.24, 2.45) is 5.92 Å². The molecule has 130 valence electrons. The molecule has 1 saturated heterocycles. The van der Waals surface area contributed by atoms with Gasteiger partial charge >= 0.3 is 11.9 Å². The van der Waals surface area contributed by atoms with Gasteiger partial charge in [-0.25, -0.2) is 9.59 Å². The fourth-order valence-electron chi connectivity index (χ4n) is 2.22. The van der Waals surface area contributed by atoms with E-state index in [0.29, 0.717) is 35.9 Å². The molecule has 23 heavy (non-hydrogen) atoms. The van der Waals surface area contributed by atoms with Gasteiger partial charge in [-0.3, -0.25) is 0 Å². The zero-order chi connectivity index (χ0) is 17.4. The Kier molecular flexibility index (Phi) is 7.98. The third-order valence-electron chi connectivity index (χ3n) is 3.58. The van der Waals surface area contributed by atoms with E-state index in [2.05, 4.69) is 17.9 Å². The summed E-state index contributed by atoms with van der Waals surface area (Å²) in [5, 5.41) is 8.19. The second-order valence-corrected chi connectivity index (χ2v) is 5.91. The average molecular weight is 326 g/mol. The SMILES string of the molecule is C=C(C)C(=O)OCC1CCC2OC2C1.C=C(C)C(=O)OCCO. The van der Waals surface area contributed by atoms with Gasteiger partial charge in [0.1, 0.15) is 6.61 Å². The summed E-state index contributed by atoms with van der Waals surface area (Å²) in [4.78, 5) is 21.6. The Bertz CT molecular complexity index is 456. The highest BCUT2D eigenvalue weighted by atomic mass is 16.6. The van der Waals surface area contributed by atoms with Gasteiger partial charge in [-0.05, 0) is 39.0 Å². The Morgan fingerprint density at radius 1 is 1.09 bits per heavy atom. The Morgan fingerprint density at radius 2 is 1.70 bits per heavy atom. The highest BCUT2D eigenvalue weighted by molar-refractivity contribution is 5.87. The molecule has 0 aromatic carbocycles. The second kappa shape index (κ2) is 9.47. The van der Waals surface area contributed by atoms with E-state index in [1.807, 2.05) is 0 Å². The molecule has 1 heterocycles. The summed E-state index contributed by atoms with van der Waals surface area (Å²) in [6.07, 6.45) is 4.26. The quantitative estimate of drug-likeness (QED) is 0.455. The van der Waals surface area contributed by atoms with Crippen molar-refractivity contribution in [1.29, 1.82) is 0 Å². The molecule has 0 aromatic rings. The monoisotopic (exact) mass is 326 g/mol. The number of epoxide rings is 1. The van der Waals surface area contributed by atoms with Gasteiger partial charge in [0.05, 0.1) is 25.4 Å². The van der Waals surface area contributed by atoms with Crippen LogP contribution < -0.4 is 0 Å². The standard InChI is InChI=1S/C11H16O3.C6H10O3/c1-7(2)11(12)13-6-8-3-4-9-10(5-8)14-9;1-5(2)6(8)9-4-3-7/h8-10H,1,3-6H2,2H3;7H,1,3-4H2,2H3. The van der Waals surface area contributed by atoms with Crippen LogP contribution in [0.5, 0.6) is 0 Å². The van der Waals surface area contributed by atoms with Crippen LogP contribution in [0.4, 0.5) is 0 Å². The van der Waals surface area contributed by atoms with Crippen LogP contribution in [0, 0.1) is 5.92 Å². The molecule has 0 radical (unpaired) electrons. The number of aliphatic hydroxyl groups is 1. The molecule has 1 saturated carbocycles. The van der Waals surface area contributed by atoms with Crippen molar-refractivity contribution in [1.82, 2.24) is 0 Å². The van der Waals surface area contributed by atoms with Gasteiger partial charge in [0.25, 0.3) is 0 Å². The number of ether oxygens (including phenoxy) is 3. The van der Waals surface area contributed by atoms with Crippen LogP contribution in [0.15, 0.2) is 24.3 Å². The molecule has 1 aliphatic carbocycles. The fraction of sp³-hybridized carbons (Fsp3) is 0.647. The number of esters is 2. The summed E-state index contributed by atoms with van der Waals surface area (Å²) in [7, 11) is 0. The first-order chi connectivity index (χ1) is 10.8. The number of hydrogen-bond acceptors (Lipinski definition) is 6. The number of carbonyl (C=O) groups excluding carboxylic acids is 2. The van der Waals surface area contributed by atoms with Crippen LogP contribution in [0.2, 0.25) is 0 Å². The second-order valence-electron chi connectivity index (χ2n) is 5.91. The van der Waals surface area contributed by atoms with Crippen molar-refractivity contribution in [2.75, 3.05) is 19.8 Å². The molecule has 0 amide bonds. The van der Waals surface area contributed by atoms with Gasteiger partial charge in [-0.15, -0.1) is 0 Å². The molecule has 1 aliphatic heterocycles. The summed E-state index contributed by atoms with van der Waals surface area (Å²) >= 11 is 0. The molecule has 6 heteroatoms. The molecule has 1 N–H and O–H groups in total. The maximum Gasteiger partial charge on any atom is 0.333 e. The maximum atomic E-state index is 11.1. The first-order valence-corrected chi connectivity index (χ1v) is 7.76. The number of fused-ring (bicyclic) bond motifs is 1. The van der Waals surface area contributed by atoms with Crippen LogP contribution in [-0.2, 0) is 23.8 Å². The molecule has 6 nitrogen and oxygen atoms in total. The first kappa shape index (κ1) is 19.4. The Hall–Kier alpha value is -1.66. The highest BCUT2D eigenvalue weighted by Crippen LogP contribution is 2.39. The van der Waals surface area contributed by atoms with Crippen molar-refractivity contribution in [3.05, 3.63) is 24.3 Å². The molecule has 3 atom stereocenters. The van der Waals surface area contributed by atoms with E-state index in [4.69, 9.17) is 14.6 Å². The molecule has 0 spiro atoms. The lowest BCUT2D eigenvalue weighted by molar-refractivity contribution is -0.141. The van der Waals surface area contributed by atoms with Gasteiger partial charge < -0.3 is 19.3 Å². The summed E-state index contributed by atoms with van der Waals surface area (Å²) < 4.78 is 15.0. The Balaban J connectivity index is 0.000000257. The normalized spacial score (nSPS) is 24.4. The maximum absolute atomic E-state index is 11.1. The number of rotatable bonds is 6. The molecule has 0 aromatic heterocycles. The smallest absolute Gasteiger partial charge is 0.333 e. The predicted octanol–water partition coefficient (Wildman–Crippen LogP) is 1.77. The van der Waals surface area contributed by atoms with Gasteiger partial charge in [-0.2, -0.15) is 0 Å². The molecule has 3 unspecified atom stereocenters. The van der Waals surface area contributed by atoms with Crippen LogP contribution in [0.25, 0.3) is 0 Å². The van der Waals surface area contributed by atoms with E-state index in [9.17, 15) is 9.59 Å². The van der Waals surface area contributed by atoms with Crippen LogP contribution >= 0.6 is 0 Å². The lowest BCUT2D eigenvalue weighted by atomic mass is 9.90. The zero-order valence-corrected chi connectivity index (χ0v) is 13.9. The minimum absolute atomic E-state index is 0.0473. The average Bonchev–Trinajstić information content (AvgIpc) is 3.29. The van der Waals surface area contributed by atoms with Crippen molar-refractivity contribution < 1.29 is 28.9 Å². The lowest BCUT2D eigenvalue weighted by Gasteiger charge is -2.18. The molecular formula is C17H26O6. The van der Waals surface area contributed by atoms with Crippen LogP contribution in [-0.4, -0.2) is 49.1 Å². The van der Waals surface area contributed by atoms with E-state index in [0.717, 1.165) is 19.3 Å². The molecular weight excluding hydrogens is 300 g/mol. The zero-order valence-electron chi connectivity index (χ0n) is 13.9. The van der Waals surface area contributed by atoms with Gasteiger partial charge in [-0.1, -0.05) is 13.2 Å². The third-order valence-corrected chi connectivity index (χ3v) is 3.58. The van der Waals surface area contributed by atoms with E-state index >= 15 is 0 Å². The first-order valence-electron chi connectivity index (χ1n) is 7.76. The third kappa shape index (κ3) is 7.43. The minimum atomic E-state index is -0.455. The molecule has 2 fully saturated rings. The number of carbonyl (C=O) groups is 2. The summed E-state index contributed by atoms with van der Waals surface area (Å²) in [5.41, 5.74) is 0.824. The number of aliphatic hydroxyl groups excluding tert-OH is 1. The van der Waals surface area contributed by atoms with E-state index < -0.39 is 5.97 Å². The molecule has 2 rings (SSSR count). The van der Waals surface area contributed by atoms with E-state index in [-0.39, 0.29) is 19.2 Å². The highest BCUT2D eigenvalue weighted by Gasteiger charge is 2.43. The molecule has 2 aliphatic rings. The summed E-state index contributed by atoms with van der Waals surface area (Å²) in [6, 6.07) is 0. The van der Waals surface area contributed by atoms with Gasteiger partial charge in [0.2, 0.25) is 0 Å². The van der Waals surface area contributed by atoms with Crippen molar-refractivity contribution in [3.63, 3.8) is 0 Å². The minimum Gasteiger partial charge on any atom is -0.462 e. The Labute approximate surface area is 137 Å². The van der Waals surface area contributed by atoms with Crippen molar-refractivity contribution in [2.45, 2.75) is 45.3 Å². The Morgan fingerprint density at radius 3 is 2.22 bits per heavy atom. The largest absolute Gasteiger partial charge is 0.462 e. The van der Waals surface area contributed by atoms with E-state index in [1.165, 1.54) is 0 Å². The summed E-state index contributed by atoms with van der Waals surface area (Å²) in [5.74, 6) is -0.241. The predicted molar refractivity (Wildman–Crippen MR) is 84.6 cm³/mol. The molecule has 0 bridgehead atoms. The van der Waals surface area contributed by atoms with Gasteiger partial charge in [0.15, 0.2) is 0 Å². The van der Waals surface area contributed by atoms with Gasteiger partial charge in [0, 0.05) is 11.1 Å².